The van der Waals surface area contributed by atoms with Crippen molar-refractivity contribution in [2.24, 2.45) is 16.3 Å². The second-order valence-corrected chi connectivity index (χ2v) is 6.50. The van der Waals surface area contributed by atoms with Crippen LogP contribution in [0.25, 0.3) is 0 Å². The number of ketones is 2. The minimum atomic E-state index is -0.707. The summed E-state index contributed by atoms with van der Waals surface area (Å²) in [7, 11) is 0. The zero-order valence-corrected chi connectivity index (χ0v) is 12.7. The molecule has 0 unspecified atom stereocenters. The largest absolute Gasteiger partial charge is 0.298 e. The van der Waals surface area contributed by atoms with Crippen molar-refractivity contribution in [3.63, 3.8) is 0 Å². The van der Waals surface area contributed by atoms with Crippen LogP contribution in [0.5, 0.6) is 0 Å². The molecule has 3 nitrogen and oxygen atoms in total. The van der Waals surface area contributed by atoms with Gasteiger partial charge in [0.2, 0.25) is 0 Å². The van der Waals surface area contributed by atoms with E-state index in [1.807, 2.05) is 26.8 Å². The van der Waals surface area contributed by atoms with Gasteiger partial charge in [0.15, 0.2) is 0 Å². The molecule has 1 fully saturated rings. The lowest BCUT2D eigenvalue weighted by atomic mass is 9.72. The number of rotatable bonds is 2. The quantitative estimate of drug-likeness (QED) is 0.612. The number of benzene rings is 1. The van der Waals surface area contributed by atoms with Crippen LogP contribution in [0.3, 0.4) is 0 Å². The van der Waals surface area contributed by atoms with Crippen LogP contribution in [-0.2, 0) is 9.59 Å². The molecule has 0 amide bonds. The van der Waals surface area contributed by atoms with Crippen LogP contribution in [0.15, 0.2) is 23.2 Å². The molecule has 4 heteroatoms. The van der Waals surface area contributed by atoms with E-state index in [4.69, 9.17) is 11.6 Å². The highest BCUT2D eigenvalue weighted by Crippen LogP contribution is 2.33. The predicted octanol–water partition coefficient (Wildman–Crippen LogP) is 3.93. The molecule has 106 valence electrons. The van der Waals surface area contributed by atoms with Crippen LogP contribution < -0.4 is 0 Å². The highest BCUT2D eigenvalue weighted by atomic mass is 35.5. The SMILES string of the molecule is Cc1c(Cl)cccc1N=CC1C(=O)CC(C)(C)CC1=O. The lowest BCUT2D eigenvalue weighted by Gasteiger charge is -2.30. The summed E-state index contributed by atoms with van der Waals surface area (Å²) in [5.74, 6) is -0.800. The van der Waals surface area contributed by atoms with Crippen molar-refractivity contribution in [1.29, 1.82) is 0 Å². The molecule has 0 aromatic heterocycles. The molecule has 0 spiro atoms. The van der Waals surface area contributed by atoms with Crippen molar-refractivity contribution < 1.29 is 9.59 Å². The highest BCUT2D eigenvalue weighted by molar-refractivity contribution is 6.31. The van der Waals surface area contributed by atoms with Crippen molar-refractivity contribution in [2.45, 2.75) is 33.6 Å². The van der Waals surface area contributed by atoms with E-state index in [1.54, 1.807) is 12.1 Å². The average Bonchev–Trinajstić information content (AvgIpc) is 2.31. The number of halogens is 1. The fraction of sp³-hybridized carbons (Fsp3) is 0.438. The maximum atomic E-state index is 12.1. The molecule has 1 aliphatic carbocycles. The molecule has 0 bridgehead atoms. The third-order valence-corrected chi connectivity index (χ3v) is 4.01. The lowest BCUT2D eigenvalue weighted by molar-refractivity contribution is -0.136. The van der Waals surface area contributed by atoms with Crippen molar-refractivity contribution >= 4 is 35.1 Å². The molecule has 0 atom stereocenters. The van der Waals surface area contributed by atoms with Gasteiger partial charge in [-0.2, -0.15) is 0 Å². The van der Waals surface area contributed by atoms with Crippen LogP contribution in [0, 0.1) is 18.3 Å². The molecule has 1 aliphatic rings. The van der Waals surface area contributed by atoms with Crippen molar-refractivity contribution in [2.75, 3.05) is 0 Å². The molecule has 0 heterocycles. The normalized spacial score (nSPS) is 19.8. The molecule has 1 aromatic rings. The van der Waals surface area contributed by atoms with Gasteiger partial charge in [-0.05, 0) is 30.0 Å². The van der Waals surface area contributed by atoms with Gasteiger partial charge in [0.25, 0.3) is 0 Å². The van der Waals surface area contributed by atoms with Gasteiger partial charge in [0, 0.05) is 24.1 Å². The lowest BCUT2D eigenvalue weighted by Crippen LogP contribution is -2.38. The Morgan fingerprint density at radius 3 is 2.45 bits per heavy atom. The Hall–Kier alpha value is -1.48. The van der Waals surface area contributed by atoms with Crippen LogP contribution in [-0.4, -0.2) is 17.8 Å². The van der Waals surface area contributed by atoms with E-state index in [1.165, 1.54) is 6.21 Å². The Balaban J connectivity index is 2.21. The molecule has 0 aliphatic heterocycles. The van der Waals surface area contributed by atoms with E-state index in [-0.39, 0.29) is 17.0 Å². The Labute approximate surface area is 124 Å². The van der Waals surface area contributed by atoms with Crippen LogP contribution in [0.1, 0.15) is 32.3 Å². The zero-order chi connectivity index (χ0) is 14.9. The number of carbonyl (C=O) groups is 2. The molecule has 0 radical (unpaired) electrons. The molecule has 1 saturated carbocycles. The summed E-state index contributed by atoms with van der Waals surface area (Å²) in [5, 5.41) is 0.627. The van der Waals surface area contributed by atoms with Gasteiger partial charge >= 0.3 is 0 Å². The average molecular weight is 292 g/mol. The van der Waals surface area contributed by atoms with E-state index in [2.05, 4.69) is 4.99 Å². The summed E-state index contributed by atoms with van der Waals surface area (Å²) in [6, 6.07) is 5.41. The second kappa shape index (κ2) is 5.49. The first-order valence-electron chi connectivity index (χ1n) is 6.65. The summed E-state index contributed by atoms with van der Waals surface area (Å²) in [6.45, 7) is 5.75. The molecular weight excluding hydrogens is 274 g/mol. The molecule has 2 rings (SSSR count). The Morgan fingerprint density at radius 1 is 1.25 bits per heavy atom. The minimum absolute atomic E-state index is 0.0466. The van der Waals surface area contributed by atoms with E-state index in [0.29, 0.717) is 23.6 Å². The Bertz CT molecular complexity index is 570. The first-order valence-corrected chi connectivity index (χ1v) is 7.03. The molecule has 1 aromatic carbocycles. The Morgan fingerprint density at radius 2 is 1.85 bits per heavy atom. The Kier molecular flexibility index (Phi) is 4.09. The fourth-order valence-electron chi connectivity index (χ4n) is 2.46. The van der Waals surface area contributed by atoms with Crippen LogP contribution in [0.2, 0.25) is 5.02 Å². The van der Waals surface area contributed by atoms with Gasteiger partial charge in [0.1, 0.15) is 17.5 Å². The van der Waals surface area contributed by atoms with Crippen molar-refractivity contribution in [3.05, 3.63) is 28.8 Å². The van der Waals surface area contributed by atoms with Gasteiger partial charge in [-0.25, -0.2) is 0 Å². The van der Waals surface area contributed by atoms with Crippen LogP contribution in [0.4, 0.5) is 5.69 Å². The number of Topliss-reactive ketones (excluding diaryl/α,β-unsaturated/α-hetero) is 2. The van der Waals surface area contributed by atoms with Gasteiger partial charge in [-0.1, -0.05) is 31.5 Å². The van der Waals surface area contributed by atoms with E-state index >= 15 is 0 Å². The third kappa shape index (κ3) is 3.15. The summed E-state index contributed by atoms with van der Waals surface area (Å²) in [6.07, 6.45) is 2.31. The van der Waals surface area contributed by atoms with E-state index in [0.717, 1.165) is 5.56 Å². The van der Waals surface area contributed by atoms with E-state index < -0.39 is 5.92 Å². The first kappa shape index (κ1) is 14.9. The molecular formula is C16H18ClNO2. The highest BCUT2D eigenvalue weighted by Gasteiger charge is 2.38. The number of carbonyl (C=O) groups excluding carboxylic acids is 2. The summed E-state index contributed by atoms with van der Waals surface area (Å²) >= 11 is 6.02. The summed E-state index contributed by atoms with van der Waals surface area (Å²) < 4.78 is 0. The topological polar surface area (TPSA) is 46.5 Å². The van der Waals surface area contributed by atoms with Crippen LogP contribution >= 0.6 is 11.6 Å². The summed E-state index contributed by atoms with van der Waals surface area (Å²) in [5.41, 5.74) is 1.31. The van der Waals surface area contributed by atoms with Crippen molar-refractivity contribution in [3.8, 4) is 0 Å². The van der Waals surface area contributed by atoms with Gasteiger partial charge in [-0.15, -0.1) is 0 Å². The summed E-state index contributed by atoms with van der Waals surface area (Å²) in [4.78, 5) is 28.4. The standard InChI is InChI=1S/C16H18ClNO2/c1-10-12(17)5-4-6-13(10)18-9-11-14(19)7-16(2,3)8-15(11)20/h4-6,9,11H,7-8H2,1-3H3. The smallest absolute Gasteiger partial charge is 0.149 e. The second-order valence-electron chi connectivity index (χ2n) is 6.09. The van der Waals surface area contributed by atoms with Gasteiger partial charge in [-0.3, -0.25) is 14.6 Å². The number of aliphatic imine (C=N–C) groups is 1. The maximum absolute atomic E-state index is 12.1. The fourth-order valence-corrected chi connectivity index (χ4v) is 2.63. The number of nitrogens with zero attached hydrogens (tertiary/aromatic N) is 1. The monoisotopic (exact) mass is 291 g/mol. The molecule has 20 heavy (non-hydrogen) atoms. The minimum Gasteiger partial charge on any atom is -0.298 e. The first-order chi connectivity index (χ1) is 9.30. The van der Waals surface area contributed by atoms with Gasteiger partial charge < -0.3 is 0 Å². The van der Waals surface area contributed by atoms with Crippen molar-refractivity contribution in [1.82, 2.24) is 0 Å². The predicted molar refractivity (Wildman–Crippen MR) is 80.9 cm³/mol. The third-order valence-electron chi connectivity index (χ3n) is 3.60. The maximum Gasteiger partial charge on any atom is 0.149 e. The van der Waals surface area contributed by atoms with Gasteiger partial charge in [0.05, 0.1) is 5.69 Å². The molecule has 0 N–H and O–H groups in total. The zero-order valence-electron chi connectivity index (χ0n) is 11.9. The van der Waals surface area contributed by atoms with E-state index in [9.17, 15) is 9.59 Å². The number of hydrogen-bond acceptors (Lipinski definition) is 3. The molecule has 0 saturated heterocycles. The number of hydrogen-bond donors (Lipinski definition) is 0.